The number of carbonyl (C=O) groups excluding carboxylic acids is 1. The molecule has 1 aromatic carbocycles. The van der Waals surface area contributed by atoms with E-state index in [-0.39, 0.29) is 11.9 Å². The van der Waals surface area contributed by atoms with Crippen molar-refractivity contribution in [2.24, 2.45) is 0 Å². The summed E-state index contributed by atoms with van der Waals surface area (Å²) in [6, 6.07) is 7.39. The fraction of sp³-hybridized carbons (Fsp3) is 0.500. The van der Waals surface area contributed by atoms with Crippen LogP contribution in [0.25, 0.3) is 10.9 Å². The topological polar surface area (TPSA) is 79.4 Å². The minimum atomic E-state index is -0.360. The summed E-state index contributed by atoms with van der Waals surface area (Å²) in [7, 11) is 0. The van der Waals surface area contributed by atoms with Crippen LogP contribution in [0.1, 0.15) is 13.3 Å². The minimum Gasteiger partial charge on any atom is -0.379 e. The van der Waals surface area contributed by atoms with E-state index in [1.807, 2.05) is 31.2 Å². The first-order valence-corrected chi connectivity index (χ1v) is 8.78. The van der Waals surface area contributed by atoms with Crippen LogP contribution in [0.4, 0.5) is 5.82 Å². The molecule has 25 heavy (non-hydrogen) atoms. The molecule has 0 bridgehead atoms. The average molecular weight is 343 g/mol. The number of rotatable bonds is 7. The van der Waals surface area contributed by atoms with Crippen LogP contribution in [0.15, 0.2) is 30.6 Å². The lowest BCUT2D eigenvalue weighted by Gasteiger charge is -2.26. The first-order valence-electron chi connectivity index (χ1n) is 8.78. The van der Waals surface area contributed by atoms with Crippen LogP contribution in [-0.4, -0.2) is 66.2 Å². The van der Waals surface area contributed by atoms with Gasteiger partial charge in [-0.15, -0.1) is 0 Å². The number of hydrogen-bond acceptors (Lipinski definition) is 6. The Morgan fingerprint density at radius 1 is 1.28 bits per heavy atom. The second-order valence-electron chi connectivity index (χ2n) is 6.20. The van der Waals surface area contributed by atoms with Crippen molar-refractivity contribution in [3.63, 3.8) is 0 Å². The minimum absolute atomic E-state index is 0.0235. The summed E-state index contributed by atoms with van der Waals surface area (Å²) in [6.07, 6.45) is 2.45. The van der Waals surface area contributed by atoms with Crippen molar-refractivity contribution in [1.29, 1.82) is 0 Å². The summed E-state index contributed by atoms with van der Waals surface area (Å²) in [5.41, 5.74) is 0.859. The van der Waals surface area contributed by atoms with E-state index >= 15 is 0 Å². The maximum absolute atomic E-state index is 12.3. The third-order valence-corrected chi connectivity index (χ3v) is 4.34. The molecule has 0 saturated carbocycles. The highest BCUT2D eigenvalue weighted by molar-refractivity contribution is 5.91. The number of morpholine rings is 1. The van der Waals surface area contributed by atoms with Gasteiger partial charge in [0, 0.05) is 25.0 Å². The van der Waals surface area contributed by atoms with Crippen molar-refractivity contribution in [2.75, 3.05) is 44.7 Å². The van der Waals surface area contributed by atoms with Crippen molar-refractivity contribution < 1.29 is 9.53 Å². The van der Waals surface area contributed by atoms with Gasteiger partial charge in [-0.05, 0) is 32.0 Å². The van der Waals surface area contributed by atoms with Crippen molar-refractivity contribution in [2.45, 2.75) is 19.4 Å². The largest absolute Gasteiger partial charge is 0.379 e. The summed E-state index contributed by atoms with van der Waals surface area (Å²) >= 11 is 0. The van der Waals surface area contributed by atoms with E-state index in [0.29, 0.717) is 12.4 Å². The number of para-hydroxylation sites is 1. The van der Waals surface area contributed by atoms with Gasteiger partial charge in [-0.1, -0.05) is 12.1 Å². The monoisotopic (exact) mass is 343 g/mol. The van der Waals surface area contributed by atoms with Gasteiger partial charge in [0.25, 0.3) is 0 Å². The van der Waals surface area contributed by atoms with Gasteiger partial charge in [-0.3, -0.25) is 9.69 Å². The van der Waals surface area contributed by atoms with Crippen LogP contribution in [0.5, 0.6) is 0 Å². The Labute approximate surface area is 147 Å². The third-order valence-electron chi connectivity index (χ3n) is 4.34. The van der Waals surface area contributed by atoms with Gasteiger partial charge in [-0.2, -0.15) is 0 Å². The first kappa shape index (κ1) is 17.6. The van der Waals surface area contributed by atoms with Gasteiger partial charge in [0.15, 0.2) is 0 Å². The fourth-order valence-electron chi connectivity index (χ4n) is 2.88. The molecule has 1 amide bonds. The van der Waals surface area contributed by atoms with Crippen LogP contribution in [0.2, 0.25) is 0 Å². The predicted molar refractivity (Wildman–Crippen MR) is 97.5 cm³/mol. The van der Waals surface area contributed by atoms with Crippen molar-refractivity contribution in [1.82, 2.24) is 20.2 Å². The SMILES string of the molecule is C[C@H](Nc1ncnc2ccccc12)C(=O)NCCCN1CCOCC1. The lowest BCUT2D eigenvalue weighted by molar-refractivity contribution is -0.121. The fourth-order valence-corrected chi connectivity index (χ4v) is 2.88. The summed E-state index contributed by atoms with van der Waals surface area (Å²) in [4.78, 5) is 23.1. The Hall–Kier alpha value is -2.25. The predicted octanol–water partition coefficient (Wildman–Crippen LogP) is 1.27. The van der Waals surface area contributed by atoms with Gasteiger partial charge in [0.05, 0.1) is 18.7 Å². The molecule has 0 aliphatic carbocycles. The molecule has 1 aromatic heterocycles. The molecule has 1 fully saturated rings. The standard InChI is InChI=1S/C18H25N5O2/c1-14(18(24)19-7-4-8-23-9-11-25-12-10-23)22-17-15-5-2-3-6-16(15)20-13-21-17/h2-3,5-6,13-14H,4,7-12H2,1H3,(H,19,24)(H,20,21,22)/t14-/m0/s1. The summed E-state index contributed by atoms with van der Waals surface area (Å²) in [6.45, 7) is 7.07. The van der Waals surface area contributed by atoms with E-state index in [1.165, 1.54) is 6.33 Å². The average Bonchev–Trinajstić information content (AvgIpc) is 2.66. The number of anilines is 1. The molecule has 1 aliphatic rings. The molecule has 2 aromatic rings. The molecular weight excluding hydrogens is 318 g/mol. The number of aromatic nitrogens is 2. The number of nitrogens with zero attached hydrogens (tertiary/aromatic N) is 3. The highest BCUT2D eigenvalue weighted by atomic mass is 16.5. The molecular formula is C18H25N5O2. The van der Waals surface area contributed by atoms with Gasteiger partial charge >= 0.3 is 0 Å². The van der Waals surface area contributed by atoms with E-state index in [2.05, 4.69) is 25.5 Å². The zero-order chi connectivity index (χ0) is 17.5. The lowest BCUT2D eigenvalue weighted by atomic mass is 10.2. The molecule has 2 N–H and O–H groups in total. The van der Waals surface area contributed by atoms with Crippen LogP contribution in [-0.2, 0) is 9.53 Å². The first-order chi connectivity index (χ1) is 12.2. The molecule has 3 rings (SSSR count). The number of fused-ring (bicyclic) bond motifs is 1. The number of amides is 1. The van der Waals surface area contributed by atoms with Crippen LogP contribution >= 0.6 is 0 Å². The van der Waals surface area contributed by atoms with Crippen LogP contribution < -0.4 is 10.6 Å². The molecule has 7 heteroatoms. The molecule has 1 saturated heterocycles. The molecule has 134 valence electrons. The van der Waals surface area contributed by atoms with E-state index in [1.54, 1.807) is 0 Å². The maximum atomic E-state index is 12.3. The molecule has 1 aliphatic heterocycles. The highest BCUT2D eigenvalue weighted by Crippen LogP contribution is 2.18. The second kappa shape index (κ2) is 8.73. The quantitative estimate of drug-likeness (QED) is 0.737. The maximum Gasteiger partial charge on any atom is 0.242 e. The third kappa shape index (κ3) is 4.87. The highest BCUT2D eigenvalue weighted by Gasteiger charge is 2.15. The smallest absolute Gasteiger partial charge is 0.242 e. The molecule has 0 spiro atoms. The van der Waals surface area contributed by atoms with E-state index in [4.69, 9.17) is 4.74 Å². The van der Waals surface area contributed by atoms with Crippen molar-refractivity contribution in [3.05, 3.63) is 30.6 Å². The number of ether oxygens (including phenoxy) is 1. The Balaban J connectivity index is 1.45. The van der Waals surface area contributed by atoms with Crippen LogP contribution in [0, 0.1) is 0 Å². The molecule has 2 heterocycles. The Morgan fingerprint density at radius 3 is 2.92 bits per heavy atom. The van der Waals surface area contributed by atoms with Gasteiger partial charge in [0.2, 0.25) is 5.91 Å². The van der Waals surface area contributed by atoms with E-state index in [0.717, 1.165) is 50.2 Å². The van der Waals surface area contributed by atoms with Crippen molar-refractivity contribution >= 4 is 22.6 Å². The number of carbonyl (C=O) groups is 1. The molecule has 0 unspecified atom stereocenters. The molecule has 0 radical (unpaired) electrons. The number of hydrogen-bond donors (Lipinski definition) is 2. The number of benzene rings is 1. The Morgan fingerprint density at radius 2 is 2.08 bits per heavy atom. The zero-order valence-electron chi connectivity index (χ0n) is 14.6. The normalized spacial score (nSPS) is 16.5. The molecule has 1 atom stereocenters. The van der Waals surface area contributed by atoms with Gasteiger partial charge < -0.3 is 15.4 Å². The van der Waals surface area contributed by atoms with Crippen LogP contribution in [0.3, 0.4) is 0 Å². The summed E-state index contributed by atoms with van der Waals surface area (Å²) in [5, 5.41) is 7.09. The Kier molecular flexibility index (Phi) is 6.14. The van der Waals surface area contributed by atoms with Gasteiger partial charge in [0.1, 0.15) is 18.2 Å². The summed E-state index contributed by atoms with van der Waals surface area (Å²) < 4.78 is 5.33. The Bertz CT molecular complexity index is 697. The zero-order valence-corrected chi connectivity index (χ0v) is 14.6. The van der Waals surface area contributed by atoms with Gasteiger partial charge in [-0.25, -0.2) is 9.97 Å². The lowest BCUT2D eigenvalue weighted by Crippen LogP contribution is -2.40. The van der Waals surface area contributed by atoms with E-state index < -0.39 is 0 Å². The number of nitrogens with one attached hydrogen (secondary N) is 2. The summed E-state index contributed by atoms with van der Waals surface area (Å²) in [5.74, 6) is 0.659. The molecule has 7 nitrogen and oxygen atoms in total. The van der Waals surface area contributed by atoms with Crippen molar-refractivity contribution in [3.8, 4) is 0 Å². The second-order valence-corrected chi connectivity index (χ2v) is 6.20. The van der Waals surface area contributed by atoms with E-state index in [9.17, 15) is 4.79 Å².